The molecular formula is C28H24NOS. The summed E-state index contributed by atoms with van der Waals surface area (Å²) in [6.07, 6.45) is 8.06. The molecule has 0 amide bonds. The van der Waals surface area contributed by atoms with Gasteiger partial charge >= 0.3 is 0 Å². The molecular weight excluding hydrogens is 398 g/mol. The van der Waals surface area contributed by atoms with E-state index in [1.165, 1.54) is 21.3 Å². The zero-order valence-electron chi connectivity index (χ0n) is 17.3. The second-order valence-electron chi connectivity index (χ2n) is 7.97. The first-order valence-electron chi connectivity index (χ1n) is 10.6. The van der Waals surface area contributed by atoms with Crippen LogP contribution >= 0.6 is 11.8 Å². The van der Waals surface area contributed by atoms with Crippen LogP contribution in [0.15, 0.2) is 101 Å². The van der Waals surface area contributed by atoms with Crippen molar-refractivity contribution >= 4 is 17.7 Å². The molecule has 1 aliphatic carbocycles. The van der Waals surface area contributed by atoms with Gasteiger partial charge in [0, 0.05) is 17.7 Å². The Labute approximate surface area is 189 Å². The second kappa shape index (κ2) is 9.32. The van der Waals surface area contributed by atoms with Gasteiger partial charge in [0.25, 0.3) is 0 Å². The van der Waals surface area contributed by atoms with E-state index in [1.54, 1.807) is 11.8 Å². The molecule has 31 heavy (non-hydrogen) atoms. The van der Waals surface area contributed by atoms with E-state index in [-0.39, 0.29) is 5.54 Å². The zero-order valence-corrected chi connectivity index (χ0v) is 18.1. The highest BCUT2D eigenvalue weighted by Gasteiger charge is 2.43. The van der Waals surface area contributed by atoms with Crippen LogP contribution in [0.25, 0.3) is 0 Å². The largest absolute Gasteiger partial charge is 0.478 e. The molecule has 5 rings (SSSR count). The highest BCUT2D eigenvalue weighted by molar-refractivity contribution is 8.02. The molecule has 2 aliphatic rings. The summed E-state index contributed by atoms with van der Waals surface area (Å²) in [6.45, 7) is 0.590. The van der Waals surface area contributed by atoms with Crippen molar-refractivity contribution in [2.45, 2.75) is 23.3 Å². The monoisotopic (exact) mass is 422 g/mol. The van der Waals surface area contributed by atoms with Gasteiger partial charge in [-0.1, -0.05) is 78.9 Å². The molecule has 0 N–H and O–H groups in total. The van der Waals surface area contributed by atoms with E-state index >= 15 is 0 Å². The molecule has 1 saturated carbocycles. The van der Waals surface area contributed by atoms with Crippen LogP contribution in [0.1, 0.15) is 11.1 Å². The van der Waals surface area contributed by atoms with Crippen LogP contribution in [-0.2, 0) is 17.6 Å². The van der Waals surface area contributed by atoms with E-state index < -0.39 is 0 Å². The molecule has 0 bridgehead atoms. The molecule has 1 heterocycles. The number of rotatable bonds is 7. The molecule has 2 nitrogen and oxygen atoms in total. The summed E-state index contributed by atoms with van der Waals surface area (Å²) in [7, 11) is 0. The van der Waals surface area contributed by atoms with Crippen LogP contribution in [0.3, 0.4) is 0 Å². The van der Waals surface area contributed by atoms with Crippen LogP contribution in [-0.4, -0.2) is 18.0 Å². The van der Waals surface area contributed by atoms with Gasteiger partial charge in [0.05, 0.1) is 11.2 Å². The Kier molecular flexibility index (Phi) is 6.13. The fourth-order valence-corrected chi connectivity index (χ4v) is 5.06. The Balaban J connectivity index is 1.40. The molecule has 0 unspecified atom stereocenters. The second-order valence-corrected chi connectivity index (χ2v) is 9.09. The third-order valence-electron chi connectivity index (χ3n) is 5.55. The van der Waals surface area contributed by atoms with Crippen molar-refractivity contribution in [2.75, 3.05) is 6.61 Å². The van der Waals surface area contributed by atoms with Gasteiger partial charge < -0.3 is 4.74 Å². The minimum Gasteiger partial charge on any atom is -0.478 e. The van der Waals surface area contributed by atoms with Crippen molar-refractivity contribution in [1.82, 2.24) is 0 Å². The zero-order chi connectivity index (χ0) is 20.9. The molecule has 3 heteroatoms. The Morgan fingerprint density at radius 3 is 1.94 bits per heavy atom. The average Bonchev–Trinajstić information content (AvgIpc) is 3.43. The molecule has 3 aromatic rings. The number of hydrogen-bond donors (Lipinski definition) is 0. The van der Waals surface area contributed by atoms with Gasteiger partial charge in [-0.2, -0.15) is 0 Å². The highest BCUT2D eigenvalue weighted by atomic mass is 32.2. The van der Waals surface area contributed by atoms with Crippen LogP contribution in [0.5, 0.6) is 0 Å². The van der Waals surface area contributed by atoms with E-state index in [2.05, 4.69) is 104 Å². The molecule has 5 radical (unpaired) electrons. The lowest BCUT2D eigenvalue weighted by Crippen LogP contribution is -2.34. The molecule has 153 valence electrons. The van der Waals surface area contributed by atoms with Crippen molar-refractivity contribution in [3.05, 3.63) is 133 Å². The predicted molar refractivity (Wildman–Crippen MR) is 128 cm³/mol. The van der Waals surface area contributed by atoms with Gasteiger partial charge in [-0.25, -0.2) is 4.99 Å². The van der Waals surface area contributed by atoms with Crippen LogP contribution < -0.4 is 0 Å². The number of thioether (sulfide) groups is 1. The Morgan fingerprint density at radius 1 is 0.742 bits per heavy atom. The highest BCUT2D eigenvalue weighted by Crippen LogP contribution is 2.47. The number of benzene rings is 3. The lowest BCUT2D eigenvalue weighted by Gasteiger charge is -2.24. The van der Waals surface area contributed by atoms with Crippen LogP contribution in [0, 0.1) is 30.4 Å². The predicted octanol–water partition coefficient (Wildman–Crippen LogP) is 6.16. The van der Waals surface area contributed by atoms with E-state index in [4.69, 9.17) is 9.73 Å². The summed E-state index contributed by atoms with van der Waals surface area (Å²) in [4.78, 5) is 6.45. The Hall–Kier alpha value is -2.52. The van der Waals surface area contributed by atoms with Gasteiger partial charge in [-0.15, -0.1) is 11.8 Å². The molecule has 0 saturated heterocycles. The topological polar surface area (TPSA) is 21.6 Å². The Bertz CT molecular complexity index is 961. The maximum absolute atomic E-state index is 6.27. The molecule has 0 spiro atoms. The minimum absolute atomic E-state index is 0.302. The smallest absolute Gasteiger partial charge is 0.193 e. The third kappa shape index (κ3) is 4.88. The summed E-state index contributed by atoms with van der Waals surface area (Å²) >= 11 is 1.76. The van der Waals surface area contributed by atoms with E-state index in [0.29, 0.717) is 6.61 Å². The fraction of sp³-hybridized carbons (Fsp3) is 0.143. The molecule has 0 aromatic heterocycles. The first-order valence-corrected chi connectivity index (χ1v) is 11.4. The number of aliphatic imine (C=N–C) groups is 1. The van der Waals surface area contributed by atoms with Crippen molar-refractivity contribution in [3.8, 4) is 0 Å². The summed E-state index contributed by atoms with van der Waals surface area (Å²) in [5.41, 5.74) is 2.27. The van der Waals surface area contributed by atoms with Crippen LogP contribution in [0.4, 0.5) is 0 Å². The summed E-state index contributed by atoms with van der Waals surface area (Å²) in [6, 6.07) is 31.7. The average molecular weight is 423 g/mol. The standard InChI is InChI=1S/C28H24NOS/c1-4-11-22(12-5-1)19-28(20-23-13-6-2-7-14-23)21-30-27(29-28)25-17-10-18-26(25)31-24-15-8-3-9-16-24/h1-18H,19-21H2. The van der Waals surface area contributed by atoms with Crippen molar-refractivity contribution in [1.29, 1.82) is 0 Å². The Morgan fingerprint density at radius 2 is 1.32 bits per heavy atom. The van der Waals surface area contributed by atoms with Gasteiger partial charge in [0.1, 0.15) is 12.1 Å². The first-order chi connectivity index (χ1) is 15.3. The third-order valence-corrected chi connectivity index (χ3v) is 6.63. The summed E-state index contributed by atoms with van der Waals surface area (Å²) in [5.74, 6) is 1.84. The van der Waals surface area contributed by atoms with E-state index in [9.17, 15) is 0 Å². The number of nitrogens with zero attached hydrogens (tertiary/aromatic N) is 1. The van der Waals surface area contributed by atoms with Crippen LogP contribution in [0.2, 0.25) is 0 Å². The van der Waals surface area contributed by atoms with Gasteiger partial charge in [0.15, 0.2) is 5.90 Å². The summed E-state index contributed by atoms with van der Waals surface area (Å²) < 4.78 is 6.27. The van der Waals surface area contributed by atoms with Gasteiger partial charge in [0.2, 0.25) is 0 Å². The summed E-state index contributed by atoms with van der Waals surface area (Å²) in [5, 5.41) is 1.18. The maximum Gasteiger partial charge on any atom is 0.193 e. The SMILES string of the molecule is [CH]1[CH][C](Sc2ccccc2)[C](C2=NC(Cc3ccccc3)(Cc3ccccc3)CO2)[CH]1. The lowest BCUT2D eigenvalue weighted by atomic mass is 9.86. The van der Waals surface area contributed by atoms with Gasteiger partial charge in [-0.3, -0.25) is 0 Å². The normalized spacial score (nSPS) is 18.6. The van der Waals surface area contributed by atoms with Crippen molar-refractivity contribution in [3.63, 3.8) is 0 Å². The minimum atomic E-state index is -0.302. The molecule has 1 aliphatic heterocycles. The van der Waals surface area contributed by atoms with Crippen molar-refractivity contribution in [2.24, 2.45) is 4.99 Å². The maximum atomic E-state index is 6.27. The number of ether oxygens (including phenoxy) is 1. The lowest BCUT2D eigenvalue weighted by molar-refractivity contribution is 0.250. The van der Waals surface area contributed by atoms with E-state index in [0.717, 1.165) is 24.7 Å². The fourth-order valence-electron chi connectivity index (χ4n) is 4.10. The quantitative estimate of drug-likeness (QED) is 0.454. The molecule has 3 aromatic carbocycles. The number of hydrogen-bond acceptors (Lipinski definition) is 3. The first kappa shape index (κ1) is 20.4. The van der Waals surface area contributed by atoms with Gasteiger partial charge in [-0.05, 0) is 42.5 Å². The van der Waals surface area contributed by atoms with Crippen molar-refractivity contribution < 1.29 is 4.74 Å². The molecule has 0 atom stereocenters. The molecule has 1 fully saturated rings. The van der Waals surface area contributed by atoms with E-state index in [1.807, 2.05) is 6.07 Å².